The first kappa shape index (κ1) is 16.3. The molecule has 0 unspecified atom stereocenters. The number of nitrogens with one attached hydrogen (secondary N) is 1. The van der Waals surface area contributed by atoms with Gasteiger partial charge < -0.3 is 19.9 Å². The maximum absolute atomic E-state index is 12.5. The van der Waals surface area contributed by atoms with E-state index in [1.54, 1.807) is 0 Å². The van der Waals surface area contributed by atoms with Crippen molar-refractivity contribution in [2.24, 2.45) is 11.8 Å². The Morgan fingerprint density at radius 3 is 2.87 bits per heavy atom. The number of benzene rings is 1. The summed E-state index contributed by atoms with van der Waals surface area (Å²) >= 11 is 0. The molecule has 2 amide bonds. The number of likely N-dealkylation sites (N-methyl/N-ethyl adjacent to an activating group) is 1. The molecule has 0 bridgehead atoms. The number of likely N-dealkylation sites (tertiary alicyclic amines) is 1. The molecular weight excluding hydrogens is 290 g/mol. The number of fused-ring (bicyclic) bond motifs is 1. The minimum absolute atomic E-state index is 0.0443. The monoisotopic (exact) mass is 317 g/mol. The zero-order chi connectivity index (χ0) is 16.2. The molecule has 0 radical (unpaired) electrons. The Kier molecular flexibility index (Phi) is 5.18. The van der Waals surface area contributed by atoms with E-state index < -0.39 is 0 Å². The SMILES string of the molecule is CN(C)C[C@@H]1OC[C@H]2CCN(C(=O)NCc3ccccc3)C[C@H]21. The lowest BCUT2D eigenvalue weighted by atomic mass is 9.84. The highest BCUT2D eigenvalue weighted by molar-refractivity contribution is 5.74. The Hall–Kier alpha value is -1.59. The molecule has 2 fully saturated rings. The van der Waals surface area contributed by atoms with Crippen molar-refractivity contribution in [2.75, 3.05) is 40.3 Å². The van der Waals surface area contributed by atoms with E-state index in [4.69, 9.17) is 4.74 Å². The molecule has 23 heavy (non-hydrogen) atoms. The molecule has 2 aliphatic rings. The van der Waals surface area contributed by atoms with Gasteiger partial charge in [0.15, 0.2) is 0 Å². The van der Waals surface area contributed by atoms with Crippen LogP contribution >= 0.6 is 0 Å². The van der Waals surface area contributed by atoms with Crippen LogP contribution < -0.4 is 5.32 Å². The summed E-state index contributed by atoms with van der Waals surface area (Å²) in [4.78, 5) is 16.6. The number of rotatable bonds is 4. The van der Waals surface area contributed by atoms with E-state index in [9.17, 15) is 4.79 Å². The third kappa shape index (κ3) is 4.03. The Morgan fingerprint density at radius 2 is 2.13 bits per heavy atom. The summed E-state index contributed by atoms with van der Waals surface area (Å²) in [5, 5.41) is 3.04. The number of carbonyl (C=O) groups is 1. The van der Waals surface area contributed by atoms with Crippen LogP contribution in [0.15, 0.2) is 30.3 Å². The summed E-state index contributed by atoms with van der Waals surface area (Å²) in [5.74, 6) is 1.08. The van der Waals surface area contributed by atoms with Gasteiger partial charge in [-0.25, -0.2) is 4.79 Å². The molecule has 3 rings (SSSR count). The largest absolute Gasteiger partial charge is 0.376 e. The Balaban J connectivity index is 1.53. The predicted octanol–water partition coefficient (Wildman–Crippen LogP) is 1.79. The van der Waals surface area contributed by atoms with Crippen LogP contribution in [-0.4, -0.2) is 62.3 Å². The van der Waals surface area contributed by atoms with E-state index in [1.807, 2.05) is 35.2 Å². The molecule has 5 heteroatoms. The average molecular weight is 317 g/mol. The van der Waals surface area contributed by atoms with Crippen LogP contribution in [0.25, 0.3) is 0 Å². The van der Waals surface area contributed by atoms with Crippen molar-refractivity contribution in [3.8, 4) is 0 Å². The highest BCUT2D eigenvalue weighted by atomic mass is 16.5. The molecule has 2 aliphatic heterocycles. The highest BCUT2D eigenvalue weighted by Gasteiger charge is 2.41. The van der Waals surface area contributed by atoms with Crippen molar-refractivity contribution in [3.05, 3.63) is 35.9 Å². The van der Waals surface area contributed by atoms with E-state index in [1.165, 1.54) is 0 Å². The molecular formula is C18H27N3O2. The molecule has 0 aromatic heterocycles. The van der Waals surface area contributed by atoms with E-state index in [-0.39, 0.29) is 12.1 Å². The van der Waals surface area contributed by atoms with Gasteiger partial charge in [0.05, 0.1) is 12.7 Å². The molecule has 0 aliphatic carbocycles. The number of ether oxygens (including phenoxy) is 1. The number of piperidine rings is 1. The molecule has 2 saturated heterocycles. The maximum Gasteiger partial charge on any atom is 0.317 e. The number of amides is 2. The van der Waals surface area contributed by atoms with Crippen molar-refractivity contribution in [1.82, 2.24) is 15.1 Å². The third-order valence-electron chi connectivity index (χ3n) is 4.93. The molecule has 1 N–H and O–H groups in total. The van der Waals surface area contributed by atoms with Gasteiger partial charge in [-0.05, 0) is 32.0 Å². The average Bonchev–Trinajstić information content (AvgIpc) is 2.95. The van der Waals surface area contributed by atoms with Crippen LogP contribution in [0.1, 0.15) is 12.0 Å². The molecule has 0 saturated carbocycles. The van der Waals surface area contributed by atoms with E-state index in [0.717, 1.165) is 38.2 Å². The summed E-state index contributed by atoms with van der Waals surface area (Å²) in [6, 6.07) is 10.1. The lowest BCUT2D eigenvalue weighted by molar-refractivity contribution is 0.0599. The number of urea groups is 1. The first-order valence-electron chi connectivity index (χ1n) is 8.46. The van der Waals surface area contributed by atoms with Crippen molar-refractivity contribution in [1.29, 1.82) is 0 Å². The fraction of sp³-hybridized carbons (Fsp3) is 0.611. The Bertz CT molecular complexity index is 520. The second kappa shape index (κ2) is 7.32. The number of hydrogen-bond donors (Lipinski definition) is 1. The lowest BCUT2D eigenvalue weighted by Crippen LogP contribution is -2.50. The fourth-order valence-corrected chi connectivity index (χ4v) is 3.65. The zero-order valence-electron chi connectivity index (χ0n) is 14.1. The second-order valence-electron chi connectivity index (χ2n) is 6.94. The fourth-order valence-electron chi connectivity index (χ4n) is 3.65. The molecule has 1 aromatic rings. The van der Waals surface area contributed by atoms with Crippen LogP contribution in [0.5, 0.6) is 0 Å². The summed E-state index contributed by atoms with van der Waals surface area (Å²) in [7, 11) is 4.15. The van der Waals surface area contributed by atoms with Gasteiger partial charge in [-0.15, -0.1) is 0 Å². The molecule has 5 nitrogen and oxygen atoms in total. The summed E-state index contributed by atoms with van der Waals surface area (Å²) in [5.41, 5.74) is 1.13. The van der Waals surface area contributed by atoms with E-state index in [2.05, 4.69) is 24.3 Å². The van der Waals surface area contributed by atoms with Crippen molar-refractivity contribution in [2.45, 2.75) is 19.1 Å². The van der Waals surface area contributed by atoms with Gasteiger partial charge in [0, 0.05) is 32.1 Å². The summed E-state index contributed by atoms with van der Waals surface area (Å²) < 4.78 is 5.97. The van der Waals surface area contributed by atoms with Gasteiger partial charge in [-0.2, -0.15) is 0 Å². The van der Waals surface area contributed by atoms with Crippen molar-refractivity contribution in [3.63, 3.8) is 0 Å². The molecule has 2 heterocycles. The van der Waals surface area contributed by atoms with Gasteiger partial charge in [-0.1, -0.05) is 30.3 Å². The normalized spacial score (nSPS) is 27.1. The first-order valence-corrected chi connectivity index (χ1v) is 8.46. The first-order chi connectivity index (χ1) is 11.1. The molecule has 126 valence electrons. The quantitative estimate of drug-likeness (QED) is 0.921. The minimum atomic E-state index is 0.0443. The second-order valence-corrected chi connectivity index (χ2v) is 6.94. The summed E-state index contributed by atoms with van der Waals surface area (Å²) in [6.07, 6.45) is 1.30. The van der Waals surface area contributed by atoms with Crippen LogP contribution in [0.3, 0.4) is 0 Å². The van der Waals surface area contributed by atoms with E-state index in [0.29, 0.717) is 18.4 Å². The van der Waals surface area contributed by atoms with Gasteiger partial charge in [-0.3, -0.25) is 0 Å². The van der Waals surface area contributed by atoms with Crippen LogP contribution in [-0.2, 0) is 11.3 Å². The number of carbonyl (C=O) groups excluding carboxylic acids is 1. The van der Waals surface area contributed by atoms with Crippen molar-refractivity contribution >= 4 is 6.03 Å². The van der Waals surface area contributed by atoms with Gasteiger partial charge in [0.1, 0.15) is 0 Å². The van der Waals surface area contributed by atoms with Gasteiger partial charge >= 0.3 is 6.03 Å². The third-order valence-corrected chi connectivity index (χ3v) is 4.93. The molecule has 1 aromatic carbocycles. The highest BCUT2D eigenvalue weighted by Crippen LogP contribution is 2.34. The number of hydrogen-bond acceptors (Lipinski definition) is 3. The minimum Gasteiger partial charge on any atom is -0.376 e. The topological polar surface area (TPSA) is 44.8 Å². The lowest BCUT2D eigenvalue weighted by Gasteiger charge is -2.36. The Morgan fingerprint density at radius 1 is 1.35 bits per heavy atom. The maximum atomic E-state index is 12.5. The Labute approximate surface area is 138 Å². The van der Waals surface area contributed by atoms with Gasteiger partial charge in [0.2, 0.25) is 0 Å². The molecule has 0 spiro atoms. The van der Waals surface area contributed by atoms with E-state index >= 15 is 0 Å². The predicted molar refractivity (Wildman–Crippen MR) is 90.1 cm³/mol. The number of nitrogens with zero attached hydrogens (tertiary/aromatic N) is 2. The van der Waals surface area contributed by atoms with Crippen LogP contribution in [0, 0.1) is 11.8 Å². The smallest absolute Gasteiger partial charge is 0.317 e. The van der Waals surface area contributed by atoms with Crippen LogP contribution in [0.4, 0.5) is 4.79 Å². The zero-order valence-corrected chi connectivity index (χ0v) is 14.1. The standard InChI is InChI=1S/C18H27N3O2/c1-20(2)12-17-16-11-21(9-8-15(16)13-23-17)18(22)19-10-14-6-4-3-5-7-14/h3-7,15-17H,8-13H2,1-2H3,(H,19,22)/t15-,16-,17+/m1/s1. The van der Waals surface area contributed by atoms with Gasteiger partial charge in [0.25, 0.3) is 0 Å². The van der Waals surface area contributed by atoms with Crippen molar-refractivity contribution < 1.29 is 9.53 Å². The van der Waals surface area contributed by atoms with Crippen LogP contribution in [0.2, 0.25) is 0 Å². The summed E-state index contributed by atoms with van der Waals surface area (Å²) in [6.45, 7) is 4.01. The molecule has 3 atom stereocenters.